The summed E-state index contributed by atoms with van der Waals surface area (Å²) in [5.74, 6) is -0.0584. The lowest BCUT2D eigenvalue weighted by molar-refractivity contribution is -0.143. The molecular formula is C74H141NO5. The smallest absolute Gasteiger partial charge is 0.305 e. The van der Waals surface area contributed by atoms with Crippen LogP contribution in [0, 0.1) is 0 Å². The molecule has 0 rings (SSSR count). The minimum atomic E-state index is -0.844. The minimum absolute atomic E-state index is 0.00276. The molecule has 6 nitrogen and oxygen atoms in total. The molecule has 0 saturated carbocycles. The minimum Gasteiger partial charge on any atom is -0.466 e. The molecule has 80 heavy (non-hydrogen) atoms. The van der Waals surface area contributed by atoms with Crippen molar-refractivity contribution in [2.45, 2.75) is 411 Å². The van der Waals surface area contributed by atoms with Crippen molar-refractivity contribution >= 4 is 11.9 Å². The van der Waals surface area contributed by atoms with Crippen LogP contribution in [-0.4, -0.2) is 47.4 Å². The molecule has 0 aromatic heterocycles. The average Bonchev–Trinajstić information content (AvgIpc) is 3.46. The monoisotopic (exact) mass is 1120 g/mol. The van der Waals surface area contributed by atoms with E-state index in [9.17, 15) is 19.8 Å². The molecule has 0 fully saturated rings. The highest BCUT2D eigenvalue weighted by Gasteiger charge is 2.18. The highest BCUT2D eigenvalue weighted by molar-refractivity contribution is 5.76. The van der Waals surface area contributed by atoms with E-state index in [-0.39, 0.29) is 18.5 Å². The fourth-order valence-electron chi connectivity index (χ4n) is 11.4. The van der Waals surface area contributed by atoms with E-state index in [2.05, 4.69) is 43.5 Å². The second-order valence-electron chi connectivity index (χ2n) is 24.9. The van der Waals surface area contributed by atoms with E-state index < -0.39 is 12.1 Å². The van der Waals surface area contributed by atoms with Crippen molar-refractivity contribution in [3.63, 3.8) is 0 Å². The van der Waals surface area contributed by atoms with Crippen LogP contribution in [0.15, 0.2) is 36.5 Å². The third kappa shape index (κ3) is 65.2. The fourth-order valence-corrected chi connectivity index (χ4v) is 11.4. The van der Waals surface area contributed by atoms with Gasteiger partial charge >= 0.3 is 5.97 Å². The van der Waals surface area contributed by atoms with Crippen molar-refractivity contribution in [1.82, 2.24) is 5.32 Å². The Balaban J connectivity index is 3.39. The second-order valence-corrected chi connectivity index (χ2v) is 24.9. The van der Waals surface area contributed by atoms with Crippen molar-refractivity contribution in [3.8, 4) is 0 Å². The molecule has 0 radical (unpaired) electrons. The molecular weight excluding hydrogens is 983 g/mol. The molecule has 0 aromatic rings. The second kappa shape index (κ2) is 69.6. The molecule has 6 heteroatoms. The topological polar surface area (TPSA) is 95.9 Å². The van der Waals surface area contributed by atoms with Crippen molar-refractivity contribution in [1.29, 1.82) is 0 Å². The van der Waals surface area contributed by atoms with Gasteiger partial charge in [-0.25, -0.2) is 0 Å². The Kier molecular flexibility index (Phi) is 67.9. The SMILES string of the molecule is CCC/C=C\C/C=C\CCCCCCCC(=O)OCCCCCCCCCCCCCCCCCCCCCCCCCCCCCC(=O)NC(CO)C(O)/C=C/CCCCCCCCCCCCCCCCCCCCCCC. The third-order valence-electron chi connectivity index (χ3n) is 16.9. The zero-order valence-corrected chi connectivity index (χ0v) is 54.1. The highest BCUT2D eigenvalue weighted by atomic mass is 16.5. The molecule has 2 atom stereocenters. The van der Waals surface area contributed by atoms with Gasteiger partial charge in [-0.15, -0.1) is 0 Å². The Labute approximate surface area is 500 Å². The lowest BCUT2D eigenvalue weighted by Crippen LogP contribution is -2.45. The van der Waals surface area contributed by atoms with Gasteiger partial charge in [0.15, 0.2) is 0 Å². The summed E-state index contributed by atoms with van der Waals surface area (Å²) in [4.78, 5) is 24.6. The first kappa shape index (κ1) is 78.1. The van der Waals surface area contributed by atoms with E-state index in [4.69, 9.17) is 4.74 Å². The fraction of sp³-hybridized carbons (Fsp3) is 0.892. The van der Waals surface area contributed by atoms with Gasteiger partial charge in [-0.1, -0.05) is 365 Å². The van der Waals surface area contributed by atoms with E-state index in [0.717, 1.165) is 51.4 Å². The van der Waals surface area contributed by atoms with Crippen LogP contribution in [0.4, 0.5) is 0 Å². The van der Waals surface area contributed by atoms with Gasteiger partial charge in [0, 0.05) is 12.8 Å². The normalized spacial score (nSPS) is 12.7. The molecule has 472 valence electrons. The summed E-state index contributed by atoms with van der Waals surface area (Å²) >= 11 is 0. The van der Waals surface area contributed by atoms with Crippen LogP contribution >= 0.6 is 0 Å². The molecule has 1 amide bonds. The van der Waals surface area contributed by atoms with Gasteiger partial charge in [-0.2, -0.15) is 0 Å². The van der Waals surface area contributed by atoms with Crippen LogP contribution in [-0.2, 0) is 14.3 Å². The predicted octanol–water partition coefficient (Wildman–Crippen LogP) is 23.5. The first-order valence-electron chi connectivity index (χ1n) is 36.3. The van der Waals surface area contributed by atoms with Gasteiger partial charge < -0.3 is 20.3 Å². The number of allylic oxidation sites excluding steroid dienone is 5. The summed E-state index contributed by atoms with van der Waals surface area (Å²) < 4.78 is 5.48. The number of unbranched alkanes of at least 4 members (excludes halogenated alkanes) is 53. The van der Waals surface area contributed by atoms with Crippen LogP contribution in [0.25, 0.3) is 0 Å². The third-order valence-corrected chi connectivity index (χ3v) is 16.9. The molecule has 0 aliphatic rings. The number of carbonyl (C=O) groups is 2. The van der Waals surface area contributed by atoms with Crippen LogP contribution in [0.3, 0.4) is 0 Å². The number of esters is 1. The summed E-state index contributed by atoms with van der Waals surface area (Å²) in [6, 6.07) is -0.627. The molecule has 0 spiro atoms. The Bertz CT molecular complexity index is 1300. The highest BCUT2D eigenvalue weighted by Crippen LogP contribution is 2.19. The van der Waals surface area contributed by atoms with Gasteiger partial charge in [0.2, 0.25) is 5.91 Å². The molecule has 0 heterocycles. The zero-order chi connectivity index (χ0) is 57.8. The van der Waals surface area contributed by atoms with Crippen LogP contribution in [0.5, 0.6) is 0 Å². The number of carbonyl (C=O) groups excluding carboxylic acids is 2. The summed E-state index contributed by atoms with van der Waals surface area (Å²) in [5, 5.41) is 23.3. The van der Waals surface area contributed by atoms with E-state index in [0.29, 0.717) is 19.4 Å². The molecule has 3 N–H and O–H groups in total. The van der Waals surface area contributed by atoms with E-state index in [1.807, 2.05) is 6.08 Å². The van der Waals surface area contributed by atoms with Crippen LogP contribution < -0.4 is 5.32 Å². The maximum atomic E-state index is 12.5. The number of aliphatic hydroxyl groups excluding tert-OH is 2. The molecule has 2 unspecified atom stereocenters. The Morgan fingerprint density at radius 2 is 0.650 bits per heavy atom. The number of rotatable bonds is 68. The summed E-state index contributed by atoms with van der Waals surface area (Å²) in [6.45, 7) is 4.87. The maximum absolute atomic E-state index is 12.5. The average molecular weight is 1120 g/mol. The summed E-state index contributed by atoms with van der Waals surface area (Å²) in [7, 11) is 0. The van der Waals surface area contributed by atoms with Crippen molar-refractivity contribution < 1.29 is 24.5 Å². The van der Waals surface area contributed by atoms with E-state index >= 15 is 0 Å². The number of nitrogens with one attached hydrogen (secondary N) is 1. The zero-order valence-electron chi connectivity index (χ0n) is 54.1. The van der Waals surface area contributed by atoms with Gasteiger partial charge in [0.1, 0.15) is 0 Å². The van der Waals surface area contributed by atoms with Gasteiger partial charge in [-0.05, 0) is 57.8 Å². The lowest BCUT2D eigenvalue weighted by Gasteiger charge is -2.20. The predicted molar refractivity (Wildman–Crippen MR) is 352 cm³/mol. The Hall–Kier alpha value is -1.92. The molecule has 0 bridgehead atoms. The van der Waals surface area contributed by atoms with Crippen molar-refractivity contribution in [2.75, 3.05) is 13.2 Å². The van der Waals surface area contributed by atoms with Gasteiger partial charge in [0.05, 0.1) is 25.4 Å². The Morgan fingerprint density at radius 3 is 1.00 bits per heavy atom. The van der Waals surface area contributed by atoms with Crippen LogP contribution in [0.2, 0.25) is 0 Å². The number of amides is 1. The molecule has 0 aromatic carbocycles. The largest absolute Gasteiger partial charge is 0.466 e. The van der Waals surface area contributed by atoms with Crippen LogP contribution in [0.1, 0.15) is 399 Å². The molecule has 0 saturated heterocycles. The quantitative estimate of drug-likeness (QED) is 0.0320. The number of hydrogen-bond acceptors (Lipinski definition) is 5. The maximum Gasteiger partial charge on any atom is 0.305 e. The first-order valence-corrected chi connectivity index (χ1v) is 36.3. The first-order chi connectivity index (χ1) is 39.5. The standard InChI is InChI=1S/C74H141NO5/c1-3-5-7-9-11-13-15-17-18-19-20-21-27-30-33-36-39-43-46-50-54-58-62-66-72(77)71(70-76)75-73(78)67-63-59-55-51-47-44-40-37-34-31-28-25-23-22-24-26-29-32-35-38-41-45-49-53-57-61-65-69-80-74(79)68-64-60-56-52-48-42-16-14-12-10-8-6-4-2/h8,10,14,16,62,66,71-72,76-77H,3-7,9,11-13,15,17-61,63-65,67-70H2,1-2H3,(H,75,78)/b10-8-,16-14-,66-62+. The summed E-state index contributed by atoms with van der Waals surface area (Å²) in [6.07, 6.45) is 89.5. The number of aliphatic hydroxyl groups is 2. The number of ether oxygens (including phenoxy) is 1. The number of hydrogen-bond donors (Lipinski definition) is 3. The summed E-state index contributed by atoms with van der Waals surface area (Å²) in [5.41, 5.74) is 0. The van der Waals surface area contributed by atoms with Gasteiger partial charge in [-0.3, -0.25) is 9.59 Å². The molecule has 0 aliphatic carbocycles. The van der Waals surface area contributed by atoms with E-state index in [1.165, 1.54) is 321 Å². The lowest BCUT2D eigenvalue weighted by atomic mass is 10.0. The van der Waals surface area contributed by atoms with E-state index in [1.54, 1.807) is 6.08 Å². The van der Waals surface area contributed by atoms with Gasteiger partial charge in [0.25, 0.3) is 0 Å². The van der Waals surface area contributed by atoms with Crippen molar-refractivity contribution in [2.24, 2.45) is 0 Å². The van der Waals surface area contributed by atoms with Crippen molar-refractivity contribution in [3.05, 3.63) is 36.5 Å². The molecule has 0 aliphatic heterocycles. The Morgan fingerprint density at radius 1 is 0.350 bits per heavy atom.